The highest BCUT2D eigenvalue weighted by atomic mass is 32.1. The Morgan fingerprint density at radius 1 is 1.15 bits per heavy atom. The molecule has 0 atom stereocenters. The van der Waals surface area contributed by atoms with Gasteiger partial charge in [-0.2, -0.15) is 0 Å². The second-order valence-corrected chi connectivity index (χ2v) is 3.36. The molecule has 4 nitrogen and oxygen atoms in total. The van der Waals surface area contributed by atoms with Gasteiger partial charge < -0.3 is 9.47 Å². The third kappa shape index (κ3) is 4.17. The first-order valence-electron chi connectivity index (χ1n) is 4.30. The van der Waals surface area contributed by atoms with Crippen LogP contribution >= 0.6 is 12.6 Å². The molecule has 74 valence electrons. The third-order valence-corrected chi connectivity index (χ3v) is 2.08. The van der Waals surface area contributed by atoms with E-state index in [2.05, 4.69) is 17.4 Å². The van der Waals surface area contributed by atoms with Crippen LogP contribution in [0.4, 0.5) is 9.59 Å². The van der Waals surface area contributed by atoms with Crippen molar-refractivity contribution in [2.75, 3.05) is 0 Å². The SMILES string of the molecule is O=C(S)OC(=O)OC1CCCCC1. The minimum atomic E-state index is -0.938. The summed E-state index contributed by atoms with van der Waals surface area (Å²) in [4.78, 5) is 21.0. The molecule has 0 heterocycles. The van der Waals surface area contributed by atoms with Crippen molar-refractivity contribution >= 4 is 24.1 Å². The van der Waals surface area contributed by atoms with E-state index in [-0.39, 0.29) is 6.10 Å². The monoisotopic (exact) mass is 204 g/mol. The van der Waals surface area contributed by atoms with Crippen molar-refractivity contribution in [2.24, 2.45) is 0 Å². The van der Waals surface area contributed by atoms with E-state index in [1.807, 2.05) is 0 Å². The average molecular weight is 204 g/mol. The molecule has 0 unspecified atom stereocenters. The van der Waals surface area contributed by atoms with E-state index in [0.29, 0.717) is 0 Å². The molecule has 0 aliphatic heterocycles. The lowest BCUT2D eigenvalue weighted by Gasteiger charge is -2.20. The first-order valence-corrected chi connectivity index (χ1v) is 4.74. The molecule has 1 saturated carbocycles. The van der Waals surface area contributed by atoms with Crippen LogP contribution in [0.5, 0.6) is 0 Å². The average Bonchev–Trinajstić information content (AvgIpc) is 2.04. The van der Waals surface area contributed by atoms with Crippen molar-refractivity contribution < 1.29 is 19.1 Å². The molecule has 0 aromatic rings. The molecule has 0 saturated heterocycles. The second-order valence-electron chi connectivity index (χ2n) is 3.00. The summed E-state index contributed by atoms with van der Waals surface area (Å²) in [6.07, 6.45) is 3.99. The van der Waals surface area contributed by atoms with Gasteiger partial charge in [-0.05, 0) is 25.7 Å². The van der Waals surface area contributed by atoms with Crippen molar-refractivity contribution in [3.63, 3.8) is 0 Å². The van der Waals surface area contributed by atoms with E-state index >= 15 is 0 Å². The Morgan fingerprint density at radius 3 is 2.31 bits per heavy atom. The van der Waals surface area contributed by atoms with Crippen LogP contribution in [-0.2, 0) is 9.47 Å². The number of thiol groups is 1. The summed E-state index contributed by atoms with van der Waals surface area (Å²) in [5.41, 5.74) is 0. The molecule has 0 N–H and O–H groups in total. The van der Waals surface area contributed by atoms with Crippen molar-refractivity contribution in [3.8, 4) is 0 Å². The highest BCUT2D eigenvalue weighted by Gasteiger charge is 2.19. The summed E-state index contributed by atoms with van der Waals surface area (Å²) in [6.45, 7) is 0. The number of carbonyl (C=O) groups is 2. The fraction of sp³-hybridized carbons (Fsp3) is 0.750. The molecular formula is C8H12O4S. The molecule has 0 bridgehead atoms. The zero-order chi connectivity index (χ0) is 9.68. The predicted molar refractivity (Wildman–Crippen MR) is 48.8 cm³/mol. The van der Waals surface area contributed by atoms with Gasteiger partial charge in [-0.1, -0.05) is 19.0 Å². The number of carbonyl (C=O) groups excluding carboxylic acids is 2. The van der Waals surface area contributed by atoms with E-state index in [4.69, 9.17) is 4.74 Å². The lowest BCUT2D eigenvalue weighted by atomic mass is 9.98. The van der Waals surface area contributed by atoms with Crippen LogP contribution in [0, 0.1) is 0 Å². The van der Waals surface area contributed by atoms with Crippen molar-refractivity contribution in [3.05, 3.63) is 0 Å². The molecule has 1 aliphatic rings. The summed E-state index contributed by atoms with van der Waals surface area (Å²) in [6, 6.07) is 0. The van der Waals surface area contributed by atoms with Crippen LogP contribution in [0.15, 0.2) is 0 Å². The molecular weight excluding hydrogens is 192 g/mol. The topological polar surface area (TPSA) is 52.6 Å². The van der Waals surface area contributed by atoms with Gasteiger partial charge in [0.2, 0.25) is 0 Å². The number of hydrogen-bond acceptors (Lipinski definition) is 4. The smallest absolute Gasteiger partial charge is 0.431 e. The molecule has 0 spiro atoms. The van der Waals surface area contributed by atoms with Crippen LogP contribution in [0.1, 0.15) is 32.1 Å². The van der Waals surface area contributed by atoms with Gasteiger partial charge in [0.1, 0.15) is 6.10 Å². The standard InChI is InChI=1S/C8H12O4S/c9-7(12-8(10)13)11-6-4-2-1-3-5-6/h6H,1-5H2,(H,10,13). The molecule has 13 heavy (non-hydrogen) atoms. The molecule has 0 radical (unpaired) electrons. The zero-order valence-electron chi connectivity index (χ0n) is 7.19. The first-order chi connectivity index (χ1) is 6.18. The maximum Gasteiger partial charge on any atom is 0.517 e. The Labute approximate surface area is 82.0 Å². The lowest BCUT2D eigenvalue weighted by Crippen LogP contribution is -2.21. The quantitative estimate of drug-likeness (QED) is 0.405. The lowest BCUT2D eigenvalue weighted by molar-refractivity contribution is 0.0330. The van der Waals surface area contributed by atoms with E-state index in [1.165, 1.54) is 6.42 Å². The van der Waals surface area contributed by atoms with Gasteiger partial charge in [0, 0.05) is 0 Å². The summed E-state index contributed by atoms with van der Waals surface area (Å²) in [7, 11) is 0. The normalized spacial score (nSPS) is 17.9. The van der Waals surface area contributed by atoms with Crippen molar-refractivity contribution in [1.29, 1.82) is 0 Å². The Kier molecular flexibility index (Phi) is 4.08. The van der Waals surface area contributed by atoms with Gasteiger partial charge in [0.05, 0.1) is 0 Å². The number of ether oxygens (including phenoxy) is 2. The van der Waals surface area contributed by atoms with Gasteiger partial charge in [-0.25, -0.2) is 9.59 Å². The minimum absolute atomic E-state index is 0.0890. The number of rotatable bonds is 1. The maximum atomic E-state index is 10.8. The van der Waals surface area contributed by atoms with Gasteiger partial charge >= 0.3 is 11.5 Å². The summed E-state index contributed by atoms with van der Waals surface area (Å²) in [5.74, 6) is 0. The van der Waals surface area contributed by atoms with Gasteiger partial charge in [0.25, 0.3) is 0 Å². The van der Waals surface area contributed by atoms with Crippen LogP contribution in [0.25, 0.3) is 0 Å². The van der Waals surface area contributed by atoms with Gasteiger partial charge in [-0.3, -0.25) is 0 Å². The largest absolute Gasteiger partial charge is 0.517 e. The van der Waals surface area contributed by atoms with Crippen LogP contribution in [0.3, 0.4) is 0 Å². The molecule has 1 fully saturated rings. The minimum Gasteiger partial charge on any atom is -0.431 e. The predicted octanol–water partition coefficient (Wildman–Crippen LogP) is 2.52. The van der Waals surface area contributed by atoms with Gasteiger partial charge in [0.15, 0.2) is 0 Å². The highest BCUT2D eigenvalue weighted by Crippen LogP contribution is 2.20. The van der Waals surface area contributed by atoms with E-state index in [1.54, 1.807) is 0 Å². The molecule has 1 rings (SSSR count). The van der Waals surface area contributed by atoms with Crippen LogP contribution < -0.4 is 0 Å². The fourth-order valence-corrected chi connectivity index (χ4v) is 1.49. The molecule has 0 amide bonds. The van der Waals surface area contributed by atoms with Crippen LogP contribution in [0.2, 0.25) is 0 Å². The van der Waals surface area contributed by atoms with Gasteiger partial charge in [-0.15, -0.1) is 0 Å². The van der Waals surface area contributed by atoms with E-state index in [9.17, 15) is 9.59 Å². The summed E-state index contributed by atoms with van der Waals surface area (Å²) in [5, 5.41) is -0.930. The Balaban J connectivity index is 2.22. The fourth-order valence-electron chi connectivity index (χ4n) is 1.41. The summed E-state index contributed by atoms with van der Waals surface area (Å²) >= 11 is 3.29. The molecule has 0 aromatic heterocycles. The Hall–Kier alpha value is -0.710. The van der Waals surface area contributed by atoms with E-state index in [0.717, 1.165) is 25.7 Å². The number of hydrogen-bond donors (Lipinski definition) is 1. The zero-order valence-corrected chi connectivity index (χ0v) is 8.09. The second kappa shape index (κ2) is 5.11. The van der Waals surface area contributed by atoms with E-state index < -0.39 is 11.5 Å². The Morgan fingerprint density at radius 2 is 1.77 bits per heavy atom. The maximum absolute atomic E-state index is 10.8. The molecule has 0 aromatic carbocycles. The third-order valence-electron chi connectivity index (χ3n) is 1.99. The molecule has 1 aliphatic carbocycles. The Bertz CT molecular complexity index is 198. The first kappa shape index (κ1) is 10.4. The highest BCUT2D eigenvalue weighted by molar-refractivity contribution is 7.96. The van der Waals surface area contributed by atoms with Crippen molar-refractivity contribution in [2.45, 2.75) is 38.2 Å². The molecule has 5 heteroatoms. The summed E-state index contributed by atoms with van der Waals surface area (Å²) < 4.78 is 8.99. The van der Waals surface area contributed by atoms with Crippen LogP contribution in [-0.4, -0.2) is 17.6 Å². The van der Waals surface area contributed by atoms with Crippen molar-refractivity contribution in [1.82, 2.24) is 0 Å².